The van der Waals surface area contributed by atoms with E-state index in [0.29, 0.717) is 50.4 Å². The second kappa shape index (κ2) is 11.7. The van der Waals surface area contributed by atoms with Gasteiger partial charge in [-0.3, -0.25) is 9.79 Å². The monoisotopic (exact) mass is 528 g/mol. The number of carbonyl (C=O) groups excluding carboxylic acids is 1. The third kappa shape index (κ3) is 6.54. The van der Waals surface area contributed by atoms with Crippen molar-refractivity contribution in [2.24, 2.45) is 4.99 Å². The Bertz CT molecular complexity index is 815. The van der Waals surface area contributed by atoms with Crippen molar-refractivity contribution in [2.45, 2.75) is 26.8 Å². The molecule has 3 rings (SSSR count). The number of halogens is 1. The van der Waals surface area contributed by atoms with Gasteiger partial charge < -0.3 is 24.9 Å². The molecular weight excluding hydrogens is 499 g/mol. The molecule has 3 heterocycles. The van der Waals surface area contributed by atoms with Crippen molar-refractivity contribution < 1.29 is 9.21 Å². The Labute approximate surface area is 193 Å². The third-order valence-corrected chi connectivity index (χ3v) is 4.80. The molecule has 1 amide bonds. The lowest BCUT2D eigenvalue weighted by Gasteiger charge is -2.34. The Morgan fingerprint density at radius 2 is 1.87 bits per heavy atom. The Kier molecular flexibility index (Phi) is 9.27. The zero-order valence-electron chi connectivity index (χ0n) is 17.6. The number of piperazine rings is 1. The zero-order chi connectivity index (χ0) is 20.6. The number of amides is 1. The smallest absolute Gasteiger partial charge is 0.225 e. The molecule has 2 aromatic heterocycles. The van der Waals surface area contributed by atoms with Gasteiger partial charge >= 0.3 is 0 Å². The minimum Gasteiger partial charge on any atom is -0.444 e. The summed E-state index contributed by atoms with van der Waals surface area (Å²) in [5.74, 6) is 2.87. The fourth-order valence-corrected chi connectivity index (χ4v) is 3.05. The summed E-state index contributed by atoms with van der Waals surface area (Å²) >= 11 is 0. The molecule has 0 aliphatic carbocycles. The molecule has 1 saturated heterocycles. The third-order valence-electron chi connectivity index (χ3n) is 4.80. The van der Waals surface area contributed by atoms with Crippen LogP contribution in [-0.2, 0) is 11.3 Å². The van der Waals surface area contributed by atoms with Crippen molar-refractivity contribution in [2.75, 3.05) is 44.7 Å². The molecule has 0 unspecified atom stereocenters. The predicted molar refractivity (Wildman–Crippen MR) is 125 cm³/mol. The van der Waals surface area contributed by atoms with E-state index >= 15 is 0 Å². The minimum atomic E-state index is 0. The maximum atomic E-state index is 12.5. The van der Waals surface area contributed by atoms with Crippen LogP contribution in [0.1, 0.15) is 23.8 Å². The van der Waals surface area contributed by atoms with E-state index in [9.17, 15) is 4.79 Å². The van der Waals surface area contributed by atoms with Crippen LogP contribution in [0.4, 0.5) is 5.95 Å². The highest BCUT2D eigenvalue weighted by Crippen LogP contribution is 2.10. The van der Waals surface area contributed by atoms with E-state index < -0.39 is 0 Å². The van der Waals surface area contributed by atoms with E-state index in [4.69, 9.17) is 4.42 Å². The quantitative estimate of drug-likeness (QED) is 0.326. The average Bonchev–Trinajstić information content (AvgIpc) is 3.08. The summed E-state index contributed by atoms with van der Waals surface area (Å²) in [6, 6.07) is 1.80. The molecule has 0 aromatic carbocycles. The fourth-order valence-electron chi connectivity index (χ4n) is 3.05. The van der Waals surface area contributed by atoms with Crippen molar-refractivity contribution >= 4 is 41.8 Å². The maximum absolute atomic E-state index is 12.5. The van der Waals surface area contributed by atoms with Crippen molar-refractivity contribution in [1.29, 1.82) is 0 Å². The lowest BCUT2D eigenvalue weighted by Crippen LogP contribution is -2.50. The van der Waals surface area contributed by atoms with Gasteiger partial charge in [0.1, 0.15) is 5.76 Å². The van der Waals surface area contributed by atoms with Crippen LogP contribution in [-0.4, -0.2) is 71.5 Å². The first kappa shape index (κ1) is 23.8. The van der Waals surface area contributed by atoms with Crippen LogP contribution >= 0.6 is 24.0 Å². The molecular formula is C19H29IN8O2. The molecule has 1 aliphatic rings. The lowest BCUT2D eigenvalue weighted by atomic mass is 10.3. The lowest BCUT2D eigenvalue weighted by molar-refractivity contribution is -0.131. The van der Waals surface area contributed by atoms with Crippen LogP contribution in [0.15, 0.2) is 27.9 Å². The molecule has 0 saturated carbocycles. The summed E-state index contributed by atoms with van der Waals surface area (Å²) in [6.45, 7) is 7.56. The van der Waals surface area contributed by atoms with Gasteiger partial charge in [-0.1, -0.05) is 0 Å². The highest BCUT2D eigenvalue weighted by Gasteiger charge is 2.22. The maximum Gasteiger partial charge on any atom is 0.225 e. The Morgan fingerprint density at radius 1 is 1.17 bits per heavy atom. The summed E-state index contributed by atoms with van der Waals surface area (Å²) in [6.07, 6.45) is 3.87. The van der Waals surface area contributed by atoms with Crippen LogP contribution in [0.5, 0.6) is 0 Å². The highest BCUT2D eigenvalue weighted by molar-refractivity contribution is 14.0. The van der Waals surface area contributed by atoms with Gasteiger partial charge in [0.15, 0.2) is 5.96 Å². The number of nitrogens with one attached hydrogen (secondary N) is 2. The van der Waals surface area contributed by atoms with Gasteiger partial charge in [-0.2, -0.15) is 0 Å². The van der Waals surface area contributed by atoms with Crippen LogP contribution in [0.3, 0.4) is 0 Å². The number of carbonyl (C=O) groups is 1. The number of aromatic nitrogens is 3. The molecule has 11 heteroatoms. The second-order valence-electron chi connectivity index (χ2n) is 6.77. The van der Waals surface area contributed by atoms with E-state index in [1.165, 1.54) is 0 Å². The number of aliphatic imine (C=N–C) groups is 1. The molecule has 164 valence electrons. The number of oxazole rings is 1. The average molecular weight is 528 g/mol. The molecule has 0 radical (unpaired) electrons. The van der Waals surface area contributed by atoms with Gasteiger partial charge in [-0.25, -0.2) is 15.0 Å². The standard InChI is InChI=1S/C19H28N8O2.HI/c1-14-15(2)29-16(25-14)13-24-18(20-3)21-8-5-17(28)26-9-11-27(12-10-26)19-22-6-4-7-23-19;/h4,6-7H,5,8-13H2,1-3H3,(H2,20,21,24);1H. The number of anilines is 1. The minimum absolute atomic E-state index is 0. The Balaban J connectivity index is 0.00000320. The molecule has 0 bridgehead atoms. The van der Waals surface area contributed by atoms with E-state index in [-0.39, 0.29) is 29.9 Å². The number of guanidine groups is 1. The van der Waals surface area contributed by atoms with Crippen molar-refractivity contribution in [3.63, 3.8) is 0 Å². The van der Waals surface area contributed by atoms with Gasteiger partial charge in [0.2, 0.25) is 17.7 Å². The summed E-state index contributed by atoms with van der Waals surface area (Å²) in [5, 5.41) is 6.30. The van der Waals surface area contributed by atoms with Crippen LogP contribution < -0.4 is 15.5 Å². The Morgan fingerprint density at radius 3 is 2.47 bits per heavy atom. The highest BCUT2D eigenvalue weighted by atomic mass is 127. The van der Waals surface area contributed by atoms with Gasteiger partial charge in [-0.05, 0) is 19.9 Å². The first-order valence-electron chi connectivity index (χ1n) is 9.74. The second-order valence-corrected chi connectivity index (χ2v) is 6.77. The molecule has 0 spiro atoms. The molecule has 2 aromatic rings. The topological polar surface area (TPSA) is 112 Å². The summed E-state index contributed by atoms with van der Waals surface area (Å²) in [5.41, 5.74) is 0.884. The molecule has 0 atom stereocenters. The first-order chi connectivity index (χ1) is 14.1. The first-order valence-corrected chi connectivity index (χ1v) is 9.74. The molecule has 2 N–H and O–H groups in total. The molecule has 1 fully saturated rings. The van der Waals surface area contributed by atoms with Crippen LogP contribution in [0.25, 0.3) is 0 Å². The van der Waals surface area contributed by atoms with E-state index in [1.807, 2.05) is 18.7 Å². The molecule has 30 heavy (non-hydrogen) atoms. The number of hydrogen-bond donors (Lipinski definition) is 2. The number of rotatable bonds is 6. The fraction of sp³-hybridized carbons (Fsp3) is 0.526. The molecule has 10 nitrogen and oxygen atoms in total. The van der Waals surface area contributed by atoms with Crippen LogP contribution in [0, 0.1) is 13.8 Å². The largest absolute Gasteiger partial charge is 0.444 e. The number of nitrogens with zero attached hydrogens (tertiary/aromatic N) is 6. The summed E-state index contributed by atoms with van der Waals surface area (Å²) < 4.78 is 5.54. The van der Waals surface area contributed by atoms with Gasteiger partial charge in [0.05, 0.1) is 12.2 Å². The van der Waals surface area contributed by atoms with Crippen molar-refractivity contribution in [3.8, 4) is 0 Å². The normalized spacial score (nSPS) is 14.3. The van der Waals surface area contributed by atoms with Crippen molar-refractivity contribution in [3.05, 3.63) is 35.8 Å². The molecule has 1 aliphatic heterocycles. The van der Waals surface area contributed by atoms with E-state index in [0.717, 1.165) is 24.5 Å². The van der Waals surface area contributed by atoms with E-state index in [2.05, 4.69) is 35.5 Å². The number of hydrogen-bond acceptors (Lipinski definition) is 7. The van der Waals surface area contributed by atoms with Crippen LogP contribution in [0.2, 0.25) is 0 Å². The predicted octanol–water partition coefficient (Wildman–Crippen LogP) is 1.10. The zero-order valence-corrected chi connectivity index (χ0v) is 19.9. The SMILES string of the molecule is CN=C(NCCC(=O)N1CCN(c2ncccn2)CC1)NCc1nc(C)c(C)o1.I. The van der Waals surface area contributed by atoms with Crippen molar-refractivity contribution in [1.82, 2.24) is 30.5 Å². The summed E-state index contributed by atoms with van der Waals surface area (Å²) in [7, 11) is 1.69. The van der Waals surface area contributed by atoms with Gasteiger partial charge in [0.25, 0.3) is 0 Å². The Hall–Kier alpha value is -2.44. The van der Waals surface area contributed by atoms with E-state index in [1.54, 1.807) is 25.5 Å². The van der Waals surface area contributed by atoms with Gasteiger partial charge in [-0.15, -0.1) is 24.0 Å². The number of aryl methyl sites for hydroxylation is 2. The van der Waals surface area contributed by atoms with Gasteiger partial charge in [0, 0.05) is 58.6 Å². The summed E-state index contributed by atoms with van der Waals surface area (Å²) in [4.78, 5) is 33.5.